The lowest BCUT2D eigenvalue weighted by atomic mass is 9.97. The molecule has 14 heavy (non-hydrogen) atoms. The summed E-state index contributed by atoms with van der Waals surface area (Å²) in [6.07, 6.45) is -2.86. The minimum atomic E-state index is -0.907. The molecular weight excluding hydrogens is 190 g/mol. The molecule has 0 aromatic carbocycles. The summed E-state index contributed by atoms with van der Waals surface area (Å²) in [6, 6.07) is -0.673. The Kier molecular flexibility index (Phi) is 4.24. The van der Waals surface area contributed by atoms with E-state index in [9.17, 15) is 5.11 Å². The first-order valence-electron chi connectivity index (χ1n) is 4.41. The summed E-state index contributed by atoms with van der Waals surface area (Å²) < 4.78 is 15.2. The van der Waals surface area contributed by atoms with Crippen molar-refractivity contribution < 1.29 is 24.4 Å². The molecule has 3 unspecified atom stereocenters. The Bertz CT molecular complexity index is 177. The SMILES string of the molecule is CO[C@@H]1OC(CO)[C@@H](OC)C(O)C1N. The van der Waals surface area contributed by atoms with Crippen LogP contribution in [0.5, 0.6) is 0 Å². The highest BCUT2D eigenvalue weighted by atomic mass is 16.7. The third-order valence-corrected chi connectivity index (χ3v) is 2.40. The predicted molar refractivity (Wildman–Crippen MR) is 47.5 cm³/mol. The van der Waals surface area contributed by atoms with Crippen LogP contribution in [0.3, 0.4) is 0 Å². The van der Waals surface area contributed by atoms with Crippen LogP contribution in [0.2, 0.25) is 0 Å². The van der Waals surface area contributed by atoms with E-state index in [-0.39, 0.29) is 6.61 Å². The minimum Gasteiger partial charge on any atom is -0.394 e. The van der Waals surface area contributed by atoms with Gasteiger partial charge >= 0.3 is 0 Å². The first-order chi connectivity index (χ1) is 6.65. The van der Waals surface area contributed by atoms with Crippen molar-refractivity contribution in [3.63, 3.8) is 0 Å². The van der Waals surface area contributed by atoms with Crippen LogP contribution in [0, 0.1) is 0 Å². The summed E-state index contributed by atoms with van der Waals surface area (Å²) in [5.41, 5.74) is 5.65. The molecule has 0 aromatic rings. The molecule has 1 aliphatic heterocycles. The second kappa shape index (κ2) is 5.01. The Labute approximate surface area is 82.6 Å². The quantitative estimate of drug-likeness (QED) is 0.498. The lowest BCUT2D eigenvalue weighted by Gasteiger charge is -2.41. The first-order valence-corrected chi connectivity index (χ1v) is 4.41. The zero-order chi connectivity index (χ0) is 10.7. The molecule has 0 aliphatic carbocycles. The van der Waals surface area contributed by atoms with Crippen molar-refractivity contribution in [3.8, 4) is 0 Å². The van der Waals surface area contributed by atoms with Crippen molar-refractivity contribution in [1.82, 2.24) is 0 Å². The number of aliphatic hydroxyl groups excluding tert-OH is 2. The smallest absolute Gasteiger partial charge is 0.175 e. The van der Waals surface area contributed by atoms with Gasteiger partial charge < -0.3 is 30.2 Å². The normalized spacial score (nSPS) is 43.9. The van der Waals surface area contributed by atoms with Gasteiger partial charge in [0.1, 0.15) is 18.3 Å². The highest BCUT2D eigenvalue weighted by Crippen LogP contribution is 2.21. The zero-order valence-corrected chi connectivity index (χ0v) is 8.29. The third-order valence-electron chi connectivity index (χ3n) is 2.40. The molecule has 84 valence electrons. The molecule has 0 amide bonds. The second-order valence-corrected chi connectivity index (χ2v) is 3.23. The van der Waals surface area contributed by atoms with Crippen LogP contribution in [-0.2, 0) is 14.2 Å². The molecule has 0 saturated carbocycles. The molecule has 1 saturated heterocycles. The number of methoxy groups -OCH3 is 2. The van der Waals surface area contributed by atoms with Gasteiger partial charge in [0.05, 0.1) is 12.6 Å². The summed E-state index contributed by atoms with van der Waals surface area (Å²) in [4.78, 5) is 0. The van der Waals surface area contributed by atoms with E-state index in [1.54, 1.807) is 0 Å². The van der Waals surface area contributed by atoms with Crippen LogP contribution in [0.4, 0.5) is 0 Å². The van der Waals surface area contributed by atoms with Gasteiger partial charge in [-0.25, -0.2) is 0 Å². The summed E-state index contributed by atoms with van der Waals surface area (Å²) in [5, 5.41) is 18.7. The van der Waals surface area contributed by atoms with E-state index >= 15 is 0 Å². The highest BCUT2D eigenvalue weighted by Gasteiger charge is 2.43. The van der Waals surface area contributed by atoms with Gasteiger partial charge in [-0.15, -0.1) is 0 Å². The summed E-state index contributed by atoms with van der Waals surface area (Å²) >= 11 is 0. The van der Waals surface area contributed by atoms with Gasteiger partial charge in [-0.3, -0.25) is 0 Å². The van der Waals surface area contributed by atoms with Crippen molar-refractivity contribution in [2.24, 2.45) is 5.73 Å². The van der Waals surface area contributed by atoms with E-state index in [4.69, 9.17) is 25.1 Å². The molecule has 4 N–H and O–H groups in total. The van der Waals surface area contributed by atoms with E-state index in [0.29, 0.717) is 0 Å². The molecule has 6 heteroatoms. The Morgan fingerprint density at radius 3 is 2.43 bits per heavy atom. The average molecular weight is 207 g/mol. The van der Waals surface area contributed by atoms with E-state index in [1.165, 1.54) is 14.2 Å². The van der Waals surface area contributed by atoms with E-state index < -0.39 is 30.6 Å². The number of hydrogen-bond acceptors (Lipinski definition) is 6. The van der Waals surface area contributed by atoms with Gasteiger partial charge in [0, 0.05) is 14.2 Å². The lowest BCUT2D eigenvalue weighted by Crippen LogP contribution is -2.62. The van der Waals surface area contributed by atoms with Crippen molar-refractivity contribution in [2.45, 2.75) is 30.6 Å². The van der Waals surface area contributed by atoms with Crippen LogP contribution < -0.4 is 5.73 Å². The fourth-order valence-electron chi connectivity index (χ4n) is 1.59. The molecular formula is C8H17NO5. The molecule has 1 heterocycles. The highest BCUT2D eigenvalue weighted by molar-refractivity contribution is 4.92. The summed E-state index contributed by atoms with van der Waals surface area (Å²) in [6.45, 7) is -0.248. The van der Waals surface area contributed by atoms with E-state index in [2.05, 4.69) is 0 Å². The fourth-order valence-corrected chi connectivity index (χ4v) is 1.59. The van der Waals surface area contributed by atoms with Crippen LogP contribution in [0.15, 0.2) is 0 Å². The monoisotopic (exact) mass is 207 g/mol. The number of rotatable bonds is 3. The summed E-state index contributed by atoms with van der Waals surface area (Å²) in [5.74, 6) is 0. The number of nitrogens with two attached hydrogens (primary N) is 1. The average Bonchev–Trinajstić information content (AvgIpc) is 2.21. The third kappa shape index (κ3) is 2.05. The molecule has 1 rings (SSSR count). The molecule has 1 fully saturated rings. The molecule has 0 spiro atoms. The molecule has 0 aromatic heterocycles. The van der Waals surface area contributed by atoms with Crippen molar-refractivity contribution in [1.29, 1.82) is 0 Å². The predicted octanol–water partition coefficient (Wildman–Crippen LogP) is -1.95. The maximum Gasteiger partial charge on any atom is 0.175 e. The Morgan fingerprint density at radius 2 is 2.00 bits per heavy atom. The van der Waals surface area contributed by atoms with Gasteiger partial charge in [0.2, 0.25) is 0 Å². The molecule has 5 atom stereocenters. The standard InChI is InChI=1S/C8H17NO5/c1-12-7-4(3-10)14-8(13-2)5(9)6(7)11/h4-8,10-11H,3,9H2,1-2H3/t4?,5?,6?,7-,8-/m1/s1. The number of ether oxygens (including phenoxy) is 3. The minimum absolute atomic E-state index is 0.248. The van der Waals surface area contributed by atoms with Crippen molar-refractivity contribution in [2.75, 3.05) is 20.8 Å². The second-order valence-electron chi connectivity index (χ2n) is 3.23. The van der Waals surface area contributed by atoms with E-state index in [0.717, 1.165) is 0 Å². The fraction of sp³-hybridized carbons (Fsp3) is 1.00. The van der Waals surface area contributed by atoms with Gasteiger partial charge in [0.15, 0.2) is 6.29 Å². The van der Waals surface area contributed by atoms with Gasteiger partial charge in [-0.1, -0.05) is 0 Å². The molecule has 0 radical (unpaired) electrons. The Morgan fingerprint density at radius 1 is 1.36 bits per heavy atom. The van der Waals surface area contributed by atoms with Gasteiger partial charge in [0.25, 0.3) is 0 Å². The zero-order valence-electron chi connectivity index (χ0n) is 8.29. The van der Waals surface area contributed by atoms with Crippen molar-refractivity contribution in [3.05, 3.63) is 0 Å². The van der Waals surface area contributed by atoms with Crippen LogP contribution in [0.1, 0.15) is 0 Å². The number of hydrogen-bond donors (Lipinski definition) is 3. The Hall–Kier alpha value is -0.240. The van der Waals surface area contributed by atoms with E-state index in [1.807, 2.05) is 0 Å². The van der Waals surface area contributed by atoms with Gasteiger partial charge in [-0.2, -0.15) is 0 Å². The maximum absolute atomic E-state index is 9.72. The van der Waals surface area contributed by atoms with Gasteiger partial charge in [-0.05, 0) is 0 Å². The Balaban J connectivity index is 2.71. The largest absolute Gasteiger partial charge is 0.394 e. The van der Waals surface area contributed by atoms with Crippen molar-refractivity contribution >= 4 is 0 Å². The lowest BCUT2D eigenvalue weighted by molar-refractivity contribution is -0.262. The van der Waals surface area contributed by atoms with Crippen LogP contribution in [0.25, 0.3) is 0 Å². The molecule has 1 aliphatic rings. The van der Waals surface area contributed by atoms with Crippen LogP contribution in [-0.4, -0.2) is 61.7 Å². The topological polar surface area (TPSA) is 94.2 Å². The number of aliphatic hydroxyl groups is 2. The molecule has 0 bridgehead atoms. The van der Waals surface area contributed by atoms with Crippen LogP contribution >= 0.6 is 0 Å². The first kappa shape index (κ1) is 11.8. The molecule has 6 nitrogen and oxygen atoms in total. The summed E-state index contributed by atoms with van der Waals surface area (Å²) in [7, 11) is 2.86. The maximum atomic E-state index is 9.72.